The van der Waals surface area contributed by atoms with E-state index in [1.807, 2.05) is 30.3 Å². The molecule has 0 radical (unpaired) electrons. The van der Waals surface area contributed by atoms with Crippen molar-refractivity contribution in [3.8, 4) is 0 Å². The number of carbonyl (C=O) groups is 2. The molecule has 1 atom stereocenters. The third kappa shape index (κ3) is 8.16. The van der Waals surface area contributed by atoms with Crippen molar-refractivity contribution in [3.05, 3.63) is 130 Å². The zero-order valence-electron chi connectivity index (χ0n) is 24.2. The summed E-state index contributed by atoms with van der Waals surface area (Å²) in [7, 11) is -4.41. The van der Waals surface area contributed by atoms with Crippen LogP contribution in [0.1, 0.15) is 25.0 Å². The van der Waals surface area contributed by atoms with E-state index in [0.29, 0.717) is 10.6 Å². The molecule has 0 aliphatic rings. The first kappa shape index (κ1) is 33.0. The molecule has 0 saturated carbocycles. The Balaban J connectivity index is 1.82. The average molecular weight is 657 g/mol. The summed E-state index contributed by atoms with van der Waals surface area (Å²) in [4.78, 5) is 29.2. The Hall–Kier alpha value is -3.92. The molecular weight excluding hydrogens is 624 g/mol. The van der Waals surface area contributed by atoms with E-state index in [0.717, 1.165) is 15.9 Å². The fourth-order valence-corrected chi connectivity index (χ4v) is 6.42. The number of hydrogen-bond acceptors (Lipinski definition) is 4. The van der Waals surface area contributed by atoms with Gasteiger partial charge in [0, 0.05) is 19.0 Å². The van der Waals surface area contributed by atoms with Crippen LogP contribution < -0.4 is 9.62 Å². The average Bonchev–Trinajstić information content (AvgIpc) is 3.00. The molecule has 1 N–H and O–H groups in total. The van der Waals surface area contributed by atoms with Crippen molar-refractivity contribution < 1.29 is 22.4 Å². The van der Waals surface area contributed by atoms with Crippen molar-refractivity contribution in [2.24, 2.45) is 0 Å². The van der Waals surface area contributed by atoms with E-state index in [2.05, 4.69) is 5.32 Å². The lowest BCUT2D eigenvalue weighted by Crippen LogP contribution is -2.54. The highest BCUT2D eigenvalue weighted by Gasteiger charge is 2.35. The van der Waals surface area contributed by atoms with Crippen molar-refractivity contribution in [3.63, 3.8) is 0 Å². The first-order valence-electron chi connectivity index (χ1n) is 13.9. The van der Waals surface area contributed by atoms with E-state index in [9.17, 15) is 18.0 Å². The highest BCUT2D eigenvalue weighted by molar-refractivity contribution is 7.92. The number of para-hydroxylation sites is 1. The standard InChI is InChI=1S/C33H32Cl2FN3O4S/c1-23(2)37-33(41)31(20-24-11-5-3-6-12-24)38(21-25-17-18-27(34)28(35)19-25)32(40)22-39(30-16-10-9-15-29(30)36)44(42,43)26-13-7-4-8-14-26/h3-19,23,31H,20-22H2,1-2H3,(H,37,41)/t31-/m0/s1. The molecule has 0 heterocycles. The minimum absolute atomic E-state index is 0.102. The zero-order valence-corrected chi connectivity index (χ0v) is 26.5. The number of nitrogens with zero attached hydrogens (tertiary/aromatic N) is 2. The highest BCUT2D eigenvalue weighted by atomic mass is 35.5. The van der Waals surface area contributed by atoms with Crippen LogP contribution in [0.5, 0.6) is 0 Å². The van der Waals surface area contributed by atoms with Crippen LogP contribution in [-0.2, 0) is 32.6 Å². The number of sulfonamides is 1. The number of carbonyl (C=O) groups excluding carboxylic acids is 2. The van der Waals surface area contributed by atoms with Crippen LogP contribution in [0.2, 0.25) is 10.0 Å². The molecule has 44 heavy (non-hydrogen) atoms. The first-order valence-corrected chi connectivity index (χ1v) is 16.1. The third-order valence-corrected chi connectivity index (χ3v) is 9.28. The highest BCUT2D eigenvalue weighted by Crippen LogP contribution is 2.28. The second-order valence-electron chi connectivity index (χ2n) is 10.4. The van der Waals surface area contributed by atoms with Gasteiger partial charge in [-0.1, -0.05) is 89.9 Å². The Labute approximate surface area is 267 Å². The number of halogens is 3. The molecule has 4 rings (SSSR count). The number of hydrogen-bond donors (Lipinski definition) is 1. The molecule has 11 heteroatoms. The molecule has 0 aromatic heterocycles. The normalized spacial score (nSPS) is 12.0. The Morgan fingerprint density at radius 1 is 0.818 bits per heavy atom. The molecule has 0 saturated heterocycles. The van der Waals surface area contributed by atoms with Gasteiger partial charge in [0.05, 0.1) is 20.6 Å². The van der Waals surface area contributed by atoms with Gasteiger partial charge in [0.15, 0.2) is 0 Å². The summed E-state index contributed by atoms with van der Waals surface area (Å²) in [6.07, 6.45) is 0.136. The number of rotatable bonds is 12. The lowest BCUT2D eigenvalue weighted by molar-refractivity contribution is -0.140. The van der Waals surface area contributed by atoms with Crippen LogP contribution in [0.3, 0.4) is 0 Å². The molecular formula is C33H32Cl2FN3O4S. The molecule has 0 unspecified atom stereocenters. The van der Waals surface area contributed by atoms with Crippen LogP contribution in [0, 0.1) is 5.82 Å². The van der Waals surface area contributed by atoms with Crippen molar-refractivity contribution in [1.82, 2.24) is 10.2 Å². The molecule has 2 amide bonds. The predicted octanol–water partition coefficient (Wildman–Crippen LogP) is 6.49. The predicted molar refractivity (Wildman–Crippen MR) is 172 cm³/mol. The lowest BCUT2D eigenvalue weighted by atomic mass is 10.0. The summed E-state index contributed by atoms with van der Waals surface area (Å²) in [5.41, 5.74) is 1.04. The summed E-state index contributed by atoms with van der Waals surface area (Å²) >= 11 is 12.4. The van der Waals surface area contributed by atoms with E-state index in [4.69, 9.17) is 23.2 Å². The molecule has 230 valence electrons. The first-order chi connectivity index (χ1) is 21.0. The molecule has 0 aliphatic heterocycles. The fourth-order valence-electron chi connectivity index (χ4n) is 4.66. The zero-order chi connectivity index (χ0) is 31.9. The molecule has 0 fully saturated rings. The lowest BCUT2D eigenvalue weighted by Gasteiger charge is -2.34. The van der Waals surface area contributed by atoms with Gasteiger partial charge < -0.3 is 10.2 Å². The fraction of sp³-hybridized carbons (Fsp3) is 0.212. The van der Waals surface area contributed by atoms with E-state index < -0.39 is 40.2 Å². The molecule has 0 aliphatic carbocycles. The van der Waals surface area contributed by atoms with Crippen LogP contribution in [-0.4, -0.2) is 43.8 Å². The van der Waals surface area contributed by atoms with Crippen LogP contribution in [0.25, 0.3) is 0 Å². The van der Waals surface area contributed by atoms with Crippen LogP contribution >= 0.6 is 23.2 Å². The van der Waals surface area contributed by atoms with Gasteiger partial charge in [0.2, 0.25) is 11.8 Å². The van der Waals surface area contributed by atoms with Gasteiger partial charge in [-0.15, -0.1) is 0 Å². The monoisotopic (exact) mass is 655 g/mol. The Morgan fingerprint density at radius 3 is 2.05 bits per heavy atom. The molecule has 7 nitrogen and oxygen atoms in total. The SMILES string of the molecule is CC(C)NC(=O)[C@H](Cc1ccccc1)N(Cc1ccc(Cl)c(Cl)c1)C(=O)CN(c1ccccc1F)S(=O)(=O)c1ccccc1. The Morgan fingerprint density at radius 2 is 1.43 bits per heavy atom. The number of benzene rings is 4. The minimum Gasteiger partial charge on any atom is -0.352 e. The van der Waals surface area contributed by atoms with Crippen molar-refractivity contribution in [2.75, 3.05) is 10.8 Å². The molecule has 0 spiro atoms. The topological polar surface area (TPSA) is 86.8 Å². The second kappa shape index (κ2) is 14.7. The van der Waals surface area contributed by atoms with E-state index in [1.54, 1.807) is 38.1 Å². The van der Waals surface area contributed by atoms with Gasteiger partial charge in [-0.05, 0) is 61.4 Å². The van der Waals surface area contributed by atoms with E-state index in [-0.39, 0.29) is 34.6 Å². The van der Waals surface area contributed by atoms with Gasteiger partial charge in [-0.25, -0.2) is 12.8 Å². The van der Waals surface area contributed by atoms with Crippen LogP contribution in [0.15, 0.2) is 108 Å². The Kier molecular flexibility index (Phi) is 11.0. The maximum Gasteiger partial charge on any atom is 0.264 e. The van der Waals surface area contributed by atoms with Crippen molar-refractivity contribution >= 4 is 50.7 Å². The maximum absolute atomic E-state index is 15.2. The summed E-state index contributed by atoms with van der Waals surface area (Å²) in [6.45, 7) is 2.72. The summed E-state index contributed by atoms with van der Waals surface area (Å²) in [6, 6.07) is 25.5. The van der Waals surface area contributed by atoms with E-state index in [1.165, 1.54) is 47.4 Å². The van der Waals surface area contributed by atoms with Gasteiger partial charge in [0.25, 0.3) is 10.0 Å². The molecule has 4 aromatic carbocycles. The number of amides is 2. The van der Waals surface area contributed by atoms with E-state index >= 15 is 4.39 Å². The summed E-state index contributed by atoms with van der Waals surface area (Å²) < 4.78 is 43.7. The summed E-state index contributed by atoms with van der Waals surface area (Å²) in [5, 5.41) is 3.45. The maximum atomic E-state index is 15.2. The van der Waals surface area contributed by atoms with Crippen LogP contribution in [0.4, 0.5) is 10.1 Å². The second-order valence-corrected chi connectivity index (χ2v) is 13.1. The largest absolute Gasteiger partial charge is 0.352 e. The van der Waals surface area contributed by atoms with Crippen molar-refractivity contribution in [2.45, 2.75) is 43.8 Å². The van der Waals surface area contributed by atoms with Gasteiger partial charge in [-0.3, -0.25) is 13.9 Å². The number of nitrogens with one attached hydrogen (secondary N) is 1. The summed E-state index contributed by atoms with van der Waals surface area (Å²) in [5.74, 6) is -1.98. The van der Waals surface area contributed by atoms with Gasteiger partial charge in [0.1, 0.15) is 18.4 Å². The molecule has 4 aromatic rings. The number of anilines is 1. The van der Waals surface area contributed by atoms with Crippen molar-refractivity contribution in [1.29, 1.82) is 0 Å². The smallest absolute Gasteiger partial charge is 0.264 e. The molecule has 0 bridgehead atoms. The third-order valence-electron chi connectivity index (χ3n) is 6.77. The Bertz CT molecular complexity index is 1710. The van der Waals surface area contributed by atoms with Gasteiger partial charge >= 0.3 is 0 Å². The quantitative estimate of drug-likeness (QED) is 0.189. The van der Waals surface area contributed by atoms with Gasteiger partial charge in [-0.2, -0.15) is 0 Å². The minimum atomic E-state index is -4.41.